The minimum atomic E-state index is -3.42. The summed E-state index contributed by atoms with van der Waals surface area (Å²) in [7, 11) is -3.42. The van der Waals surface area contributed by atoms with Gasteiger partial charge in [0.2, 0.25) is 10.0 Å². The molecule has 1 aromatic heterocycles. The highest BCUT2D eigenvalue weighted by Crippen LogP contribution is 2.25. The van der Waals surface area contributed by atoms with Crippen LogP contribution in [0.1, 0.15) is 10.4 Å². The van der Waals surface area contributed by atoms with E-state index in [1.54, 1.807) is 21.7 Å². The van der Waals surface area contributed by atoms with Crippen LogP contribution in [0.4, 0.5) is 0 Å². The van der Waals surface area contributed by atoms with Crippen LogP contribution in [-0.2, 0) is 16.6 Å². The number of hydrogen-bond donors (Lipinski definition) is 0. The molecule has 1 aromatic carbocycles. The Morgan fingerprint density at radius 1 is 1.17 bits per heavy atom. The molecule has 4 nitrogen and oxygen atoms in total. The van der Waals surface area contributed by atoms with Gasteiger partial charge in [0, 0.05) is 42.1 Å². The highest BCUT2D eigenvalue weighted by Gasteiger charge is 2.29. The first kappa shape index (κ1) is 17.1. The van der Waals surface area contributed by atoms with E-state index in [0.717, 1.165) is 29.7 Å². The maximum Gasteiger partial charge on any atom is 0.243 e. The summed E-state index contributed by atoms with van der Waals surface area (Å²) >= 11 is 5.11. The lowest BCUT2D eigenvalue weighted by Gasteiger charge is -2.34. The van der Waals surface area contributed by atoms with Crippen molar-refractivity contribution in [2.45, 2.75) is 18.4 Å². The molecule has 0 atom stereocenters. The second kappa shape index (κ2) is 7.03. The third kappa shape index (κ3) is 3.85. The van der Waals surface area contributed by atoms with Crippen LogP contribution >= 0.6 is 27.3 Å². The number of benzene rings is 1. The Balaban J connectivity index is 1.70. The standard InChI is InChI=1S/C16H19BrN2O2S2/c1-13-4-5-14(17)11-16(13)23(20,21)19-8-6-18(7-9-19)12-15-3-2-10-22-15/h2-5,10-11H,6-9,12H2,1H3. The van der Waals surface area contributed by atoms with Crippen LogP contribution in [0.15, 0.2) is 45.1 Å². The van der Waals surface area contributed by atoms with Crippen LogP contribution in [0.2, 0.25) is 0 Å². The van der Waals surface area contributed by atoms with E-state index in [9.17, 15) is 8.42 Å². The van der Waals surface area contributed by atoms with Crippen molar-refractivity contribution in [3.8, 4) is 0 Å². The molecule has 3 rings (SSSR count). The van der Waals surface area contributed by atoms with Crippen molar-refractivity contribution in [3.05, 3.63) is 50.6 Å². The highest BCUT2D eigenvalue weighted by molar-refractivity contribution is 9.10. The van der Waals surface area contributed by atoms with Crippen LogP contribution in [0, 0.1) is 6.92 Å². The number of halogens is 1. The summed E-state index contributed by atoms with van der Waals surface area (Å²) in [4.78, 5) is 4.04. The Bertz CT molecular complexity index is 767. The molecule has 2 aromatic rings. The van der Waals surface area contributed by atoms with Gasteiger partial charge in [0.1, 0.15) is 0 Å². The molecule has 124 valence electrons. The van der Waals surface area contributed by atoms with E-state index in [1.807, 2.05) is 19.1 Å². The van der Waals surface area contributed by atoms with Gasteiger partial charge in [-0.2, -0.15) is 4.31 Å². The molecule has 0 bridgehead atoms. The number of nitrogens with zero attached hydrogens (tertiary/aromatic N) is 2. The molecular weight excluding hydrogens is 396 g/mol. The van der Waals surface area contributed by atoms with Crippen molar-refractivity contribution in [1.29, 1.82) is 0 Å². The van der Waals surface area contributed by atoms with Gasteiger partial charge in [-0.15, -0.1) is 11.3 Å². The maximum absolute atomic E-state index is 12.9. The zero-order chi connectivity index (χ0) is 16.4. The van der Waals surface area contributed by atoms with Crippen molar-refractivity contribution in [2.75, 3.05) is 26.2 Å². The molecule has 7 heteroatoms. The van der Waals surface area contributed by atoms with E-state index in [1.165, 1.54) is 4.88 Å². The van der Waals surface area contributed by atoms with E-state index in [0.29, 0.717) is 18.0 Å². The predicted octanol–water partition coefficient (Wildman–Crippen LogP) is 3.33. The lowest BCUT2D eigenvalue weighted by Crippen LogP contribution is -2.48. The molecule has 0 saturated carbocycles. The largest absolute Gasteiger partial charge is 0.296 e. The SMILES string of the molecule is Cc1ccc(Br)cc1S(=O)(=O)N1CCN(Cc2cccs2)CC1. The monoisotopic (exact) mass is 414 g/mol. The van der Waals surface area contributed by atoms with E-state index in [2.05, 4.69) is 38.3 Å². The number of hydrogen-bond acceptors (Lipinski definition) is 4. The quantitative estimate of drug-likeness (QED) is 0.769. The summed E-state index contributed by atoms with van der Waals surface area (Å²) in [6, 6.07) is 9.58. The van der Waals surface area contributed by atoms with Gasteiger partial charge in [-0.25, -0.2) is 8.42 Å². The van der Waals surface area contributed by atoms with Crippen LogP contribution in [-0.4, -0.2) is 43.8 Å². The van der Waals surface area contributed by atoms with E-state index in [-0.39, 0.29) is 0 Å². The fraction of sp³-hybridized carbons (Fsp3) is 0.375. The molecule has 0 radical (unpaired) electrons. The highest BCUT2D eigenvalue weighted by atomic mass is 79.9. The van der Waals surface area contributed by atoms with E-state index >= 15 is 0 Å². The van der Waals surface area contributed by atoms with Gasteiger partial charge in [-0.1, -0.05) is 28.1 Å². The number of aryl methyl sites for hydroxylation is 1. The van der Waals surface area contributed by atoms with Gasteiger partial charge in [0.15, 0.2) is 0 Å². The minimum Gasteiger partial charge on any atom is -0.296 e. The minimum absolute atomic E-state index is 0.401. The van der Waals surface area contributed by atoms with Gasteiger partial charge in [-0.05, 0) is 36.1 Å². The molecule has 23 heavy (non-hydrogen) atoms. The first-order valence-electron chi connectivity index (χ1n) is 7.48. The van der Waals surface area contributed by atoms with Gasteiger partial charge in [0.25, 0.3) is 0 Å². The van der Waals surface area contributed by atoms with Crippen LogP contribution in [0.5, 0.6) is 0 Å². The molecule has 0 unspecified atom stereocenters. The van der Waals surface area contributed by atoms with Crippen LogP contribution < -0.4 is 0 Å². The third-order valence-electron chi connectivity index (χ3n) is 4.06. The van der Waals surface area contributed by atoms with Gasteiger partial charge in [-0.3, -0.25) is 4.90 Å². The average Bonchev–Trinajstić information content (AvgIpc) is 3.03. The van der Waals surface area contributed by atoms with E-state index < -0.39 is 10.0 Å². The Kier molecular flexibility index (Phi) is 5.22. The molecular formula is C16H19BrN2O2S2. The number of rotatable bonds is 4. The van der Waals surface area contributed by atoms with Gasteiger partial charge in [0.05, 0.1) is 4.90 Å². The van der Waals surface area contributed by atoms with Crippen molar-refractivity contribution in [1.82, 2.24) is 9.21 Å². The average molecular weight is 415 g/mol. The zero-order valence-electron chi connectivity index (χ0n) is 12.9. The molecule has 2 heterocycles. The first-order valence-corrected chi connectivity index (χ1v) is 10.6. The van der Waals surface area contributed by atoms with Gasteiger partial charge < -0.3 is 0 Å². The normalized spacial score (nSPS) is 17.5. The fourth-order valence-electron chi connectivity index (χ4n) is 2.74. The summed E-state index contributed by atoms with van der Waals surface area (Å²) in [6.07, 6.45) is 0. The molecule has 0 N–H and O–H groups in total. The van der Waals surface area contributed by atoms with Crippen molar-refractivity contribution in [2.24, 2.45) is 0 Å². The molecule has 1 saturated heterocycles. The van der Waals surface area contributed by atoms with Crippen molar-refractivity contribution in [3.63, 3.8) is 0 Å². The first-order chi connectivity index (χ1) is 11.0. The van der Waals surface area contributed by atoms with Crippen LogP contribution in [0.3, 0.4) is 0 Å². The Hall–Kier alpha value is -0.730. The Labute approximate surface area is 149 Å². The third-order valence-corrected chi connectivity index (χ3v) is 7.45. The molecule has 0 aliphatic carbocycles. The van der Waals surface area contributed by atoms with Crippen molar-refractivity contribution >= 4 is 37.3 Å². The molecule has 0 spiro atoms. The topological polar surface area (TPSA) is 40.6 Å². The van der Waals surface area contributed by atoms with Gasteiger partial charge >= 0.3 is 0 Å². The molecule has 1 aliphatic rings. The number of piperazine rings is 1. The molecule has 0 amide bonds. The summed E-state index contributed by atoms with van der Waals surface area (Å²) < 4.78 is 28.1. The van der Waals surface area contributed by atoms with E-state index in [4.69, 9.17) is 0 Å². The maximum atomic E-state index is 12.9. The molecule has 1 aliphatic heterocycles. The number of thiophene rings is 1. The second-order valence-electron chi connectivity index (χ2n) is 5.67. The zero-order valence-corrected chi connectivity index (χ0v) is 16.1. The second-order valence-corrected chi connectivity index (χ2v) is 9.52. The summed E-state index contributed by atoms with van der Waals surface area (Å²) in [5, 5.41) is 2.08. The lowest BCUT2D eigenvalue weighted by atomic mass is 10.2. The van der Waals surface area contributed by atoms with Crippen molar-refractivity contribution < 1.29 is 8.42 Å². The smallest absolute Gasteiger partial charge is 0.243 e. The summed E-state index contributed by atoms with van der Waals surface area (Å²) in [5.41, 5.74) is 0.786. The summed E-state index contributed by atoms with van der Waals surface area (Å²) in [6.45, 7) is 5.36. The molecule has 1 fully saturated rings. The lowest BCUT2D eigenvalue weighted by molar-refractivity contribution is 0.183. The number of sulfonamides is 1. The van der Waals surface area contributed by atoms with Crippen LogP contribution in [0.25, 0.3) is 0 Å². The predicted molar refractivity (Wildman–Crippen MR) is 97.2 cm³/mol. The fourth-order valence-corrected chi connectivity index (χ4v) is 5.67. The Morgan fingerprint density at radius 3 is 2.57 bits per heavy atom. The Morgan fingerprint density at radius 2 is 1.91 bits per heavy atom. The summed E-state index contributed by atoms with van der Waals surface area (Å²) in [5.74, 6) is 0.